The fourth-order valence-corrected chi connectivity index (χ4v) is 4.20. The van der Waals surface area contributed by atoms with Crippen molar-refractivity contribution >= 4 is 27.9 Å². The normalized spacial score (nSPS) is 11.8. The third-order valence-corrected chi connectivity index (χ3v) is 5.77. The average Bonchev–Trinajstić information content (AvgIpc) is 3.52. The molecule has 5 aromatic rings. The van der Waals surface area contributed by atoms with Gasteiger partial charge in [0.1, 0.15) is 5.69 Å². The lowest BCUT2D eigenvalue weighted by Crippen LogP contribution is -1.88. The second kappa shape index (κ2) is 7.53. The number of nitrogens with one attached hydrogen (secondary N) is 2. The Balaban J connectivity index is 1.62. The van der Waals surface area contributed by atoms with Crippen molar-refractivity contribution in [1.82, 2.24) is 30.1 Å². The van der Waals surface area contributed by atoms with Gasteiger partial charge in [0.05, 0.1) is 11.1 Å². The number of pyridine rings is 2. The minimum absolute atomic E-state index is 0.651. The van der Waals surface area contributed by atoms with Crippen LogP contribution >= 0.6 is 11.3 Å². The summed E-state index contributed by atoms with van der Waals surface area (Å²) >= 11 is 1.68. The lowest BCUT2D eigenvalue weighted by atomic mass is 10.1. The molecule has 0 aliphatic heterocycles. The molecule has 7 heteroatoms. The predicted octanol–water partition coefficient (Wildman–Crippen LogP) is 5.40. The fourth-order valence-electron chi connectivity index (χ4n) is 3.45. The quantitative estimate of drug-likeness (QED) is 0.380. The molecule has 5 rings (SSSR count). The number of rotatable bonds is 5. The smallest absolute Gasteiger partial charge is 0.181 e. The molecule has 146 valence electrons. The number of nitrogens with zero attached hydrogens (tertiary/aromatic N) is 4. The zero-order chi connectivity index (χ0) is 20.5. The molecule has 0 aromatic carbocycles. The first-order chi connectivity index (χ1) is 14.7. The van der Waals surface area contributed by atoms with Crippen molar-refractivity contribution in [3.63, 3.8) is 0 Å². The summed E-state index contributed by atoms with van der Waals surface area (Å²) in [5.74, 6) is 0.727. The second-order valence-corrected chi connectivity index (χ2v) is 7.73. The summed E-state index contributed by atoms with van der Waals surface area (Å²) in [6, 6.07) is 10.1. The highest BCUT2D eigenvalue weighted by Gasteiger charge is 2.18. The molecule has 0 bridgehead atoms. The van der Waals surface area contributed by atoms with Crippen molar-refractivity contribution < 1.29 is 0 Å². The molecule has 0 unspecified atom stereocenters. The first-order valence-corrected chi connectivity index (χ1v) is 10.3. The van der Waals surface area contributed by atoms with Crippen LogP contribution in [0, 0.1) is 6.92 Å². The monoisotopic (exact) mass is 410 g/mol. The second-order valence-electron chi connectivity index (χ2n) is 6.78. The lowest BCUT2D eigenvalue weighted by molar-refractivity contribution is 1.08. The predicted molar refractivity (Wildman–Crippen MR) is 121 cm³/mol. The molecule has 30 heavy (non-hydrogen) atoms. The van der Waals surface area contributed by atoms with E-state index < -0.39 is 0 Å². The number of aromatic amines is 2. The highest BCUT2D eigenvalue weighted by molar-refractivity contribution is 7.11. The molecule has 0 spiro atoms. The van der Waals surface area contributed by atoms with Gasteiger partial charge in [0.2, 0.25) is 0 Å². The number of imidazole rings is 1. The maximum Gasteiger partial charge on any atom is 0.181 e. The number of aryl methyl sites for hydroxylation is 1. The van der Waals surface area contributed by atoms with E-state index in [-0.39, 0.29) is 0 Å². The van der Waals surface area contributed by atoms with Crippen molar-refractivity contribution in [2.45, 2.75) is 6.92 Å². The Morgan fingerprint density at radius 3 is 2.80 bits per heavy atom. The molecule has 0 aliphatic rings. The maximum absolute atomic E-state index is 4.91. The minimum atomic E-state index is 0.651. The molecule has 5 aromatic heterocycles. The Morgan fingerprint density at radius 1 is 1.17 bits per heavy atom. The minimum Gasteiger partial charge on any atom is -0.340 e. The van der Waals surface area contributed by atoms with Crippen LogP contribution in [0.15, 0.2) is 73.0 Å². The van der Waals surface area contributed by atoms with Gasteiger partial charge < -0.3 is 4.98 Å². The van der Waals surface area contributed by atoms with Crippen LogP contribution in [-0.2, 0) is 0 Å². The van der Waals surface area contributed by atoms with Gasteiger partial charge in [0.15, 0.2) is 11.5 Å². The van der Waals surface area contributed by atoms with Crippen LogP contribution < -0.4 is 0 Å². The number of hydrogen-bond donors (Lipinski definition) is 2. The number of hydrogen-bond acceptors (Lipinski definition) is 5. The van der Waals surface area contributed by atoms with Crippen LogP contribution in [0.1, 0.15) is 16.3 Å². The van der Waals surface area contributed by atoms with Crippen LogP contribution in [-0.4, -0.2) is 30.1 Å². The first-order valence-electron chi connectivity index (χ1n) is 9.43. The van der Waals surface area contributed by atoms with Crippen molar-refractivity contribution in [3.05, 3.63) is 89.3 Å². The van der Waals surface area contributed by atoms with E-state index in [1.54, 1.807) is 29.8 Å². The standard InChI is InChI=1S/C23H18N6S/c1-3-5-17(19-6-4-11-30-19)20-14(2)26-23(27-20)21-18-12-16(13-25-22(18)29-28-21)15-7-9-24-10-8-15/h3-13H,1H2,2H3,(H,26,27)(H,25,28,29)/b17-5-. The van der Waals surface area contributed by atoms with Gasteiger partial charge in [-0.05, 0) is 42.1 Å². The van der Waals surface area contributed by atoms with E-state index in [4.69, 9.17) is 4.98 Å². The average molecular weight is 411 g/mol. The molecule has 0 saturated carbocycles. The Hall–Kier alpha value is -3.84. The third-order valence-electron chi connectivity index (χ3n) is 4.87. The van der Waals surface area contributed by atoms with Crippen LogP contribution in [0.2, 0.25) is 0 Å². The van der Waals surface area contributed by atoms with E-state index >= 15 is 0 Å². The van der Waals surface area contributed by atoms with Gasteiger partial charge in [-0.25, -0.2) is 9.97 Å². The number of fused-ring (bicyclic) bond motifs is 1. The third kappa shape index (κ3) is 3.15. The molecule has 2 N–H and O–H groups in total. The molecule has 0 saturated heterocycles. The van der Waals surface area contributed by atoms with Crippen LogP contribution in [0.4, 0.5) is 0 Å². The van der Waals surface area contributed by atoms with Gasteiger partial charge in [-0.1, -0.05) is 24.8 Å². The van der Waals surface area contributed by atoms with E-state index in [9.17, 15) is 0 Å². The molecule has 0 amide bonds. The van der Waals surface area contributed by atoms with E-state index in [1.165, 1.54) is 0 Å². The van der Waals surface area contributed by atoms with Gasteiger partial charge in [-0.15, -0.1) is 11.3 Å². The molecular weight excluding hydrogens is 392 g/mol. The Morgan fingerprint density at radius 2 is 2.03 bits per heavy atom. The highest BCUT2D eigenvalue weighted by atomic mass is 32.1. The first kappa shape index (κ1) is 18.2. The summed E-state index contributed by atoms with van der Waals surface area (Å²) in [5, 5.41) is 10.4. The summed E-state index contributed by atoms with van der Waals surface area (Å²) in [5.41, 5.74) is 6.43. The van der Waals surface area contributed by atoms with Crippen molar-refractivity contribution in [3.8, 4) is 22.6 Å². The zero-order valence-corrected chi connectivity index (χ0v) is 17.1. The highest BCUT2D eigenvalue weighted by Crippen LogP contribution is 2.32. The molecule has 0 aliphatic carbocycles. The van der Waals surface area contributed by atoms with E-state index in [1.807, 2.05) is 37.4 Å². The summed E-state index contributed by atoms with van der Waals surface area (Å²) in [6.45, 7) is 5.89. The lowest BCUT2D eigenvalue weighted by Gasteiger charge is -2.02. The Kier molecular flexibility index (Phi) is 4.57. The molecular formula is C23H18N6S. The summed E-state index contributed by atoms with van der Waals surface area (Å²) in [6.07, 6.45) is 9.15. The van der Waals surface area contributed by atoms with Gasteiger partial charge in [0.25, 0.3) is 0 Å². The number of thiophene rings is 1. The molecule has 0 fully saturated rings. The van der Waals surface area contributed by atoms with E-state index in [2.05, 4.69) is 49.2 Å². The van der Waals surface area contributed by atoms with Gasteiger partial charge in [0, 0.05) is 40.3 Å². The topological polar surface area (TPSA) is 83.1 Å². The van der Waals surface area contributed by atoms with E-state index in [0.29, 0.717) is 5.65 Å². The summed E-state index contributed by atoms with van der Waals surface area (Å²) in [4.78, 5) is 18.1. The van der Waals surface area contributed by atoms with Crippen LogP contribution in [0.25, 0.3) is 39.3 Å². The molecule has 5 heterocycles. The van der Waals surface area contributed by atoms with Crippen molar-refractivity contribution in [2.75, 3.05) is 0 Å². The van der Waals surface area contributed by atoms with Gasteiger partial charge in [-0.3, -0.25) is 10.1 Å². The van der Waals surface area contributed by atoms with Gasteiger partial charge in [-0.2, -0.15) is 5.10 Å². The van der Waals surface area contributed by atoms with Crippen LogP contribution in [0.3, 0.4) is 0 Å². The maximum atomic E-state index is 4.91. The fraction of sp³-hybridized carbons (Fsp3) is 0.0435. The molecule has 6 nitrogen and oxygen atoms in total. The summed E-state index contributed by atoms with van der Waals surface area (Å²) < 4.78 is 0. The van der Waals surface area contributed by atoms with Crippen molar-refractivity contribution in [2.24, 2.45) is 0 Å². The van der Waals surface area contributed by atoms with E-state index in [0.717, 1.165) is 49.9 Å². The number of aromatic nitrogens is 6. The molecule has 0 atom stereocenters. The number of allylic oxidation sites excluding steroid dienone is 2. The number of H-pyrrole nitrogens is 2. The Labute approximate surface area is 177 Å². The van der Waals surface area contributed by atoms with Crippen LogP contribution in [0.5, 0.6) is 0 Å². The zero-order valence-electron chi connectivity index (χ0n) is 16.3. The van der Waals surface area contributed by atoms with Crippen molar-refractivity contribution in [1.29, 1.82) is 0 Å². The largest absolute Gasteiger partial charge is 0.340 e. The Bertz CT molecular complexity index is 1360. The molecule has 0 radical (unpaired) electrons. The summed E-state index contributed by atoms with van der Waals surface area (Å²) in [7, 11) is 0. The SMILES string of the molecule is C=C/C=C(/c1cccs1)c1nc(-c2[nH]nc3ncc(-c4ccncc4)cc23)[nH]c1C. The van der Waals surface area contributed by atoms with Gasteiger partial charge >= 0.3 is 0 Å².